The van der Waals surface area contributed by atoms with Crippen molar-refractivity contribution in [3.05, 3.63) is 29.6 Å². The Balaban J connectivity index is 0.00000232. The minimum Gasteiger partial charge on any atom is -0.466 e. The first-order chi connectivity index (χ1) is 10.9. The van der Waals surface area contributed by atoms with Crippen LogP contribution in [0.4, 0.5) is 10.1 Å². The van der Waals surface area contributed by atoms with Crippen LogP contribution in [0, 0.1) is 11.7 Å². The first-order valence-electron chi connectivity index (χ1n) is 8.53. The number of nitrogens with zero attached hydrogens (tertiary/aromatic N) is 1. The fourth-order valence-electron chi connectivity index (χ4n) is 2.33. The number of carbonyl (C=O) groups is 1. The minimum absolute atomic E-state index is 0.131. The van der Waals surface area contributed by atoms with Crippen LogP contribution in [0.5, 0.6) is 0 Å². The molecular weight excluding hydrogens is 293 g/mol. The zero-order chi connectivity index (χ0) is 17.8. The SMILES string of the molecule is CC.CC(=O)OCCCCc1cccc(N(C)CC(C)C)c1F. The van der Waals surface area contributed by atoms with E-state index in [-0.39, 0.29) is 11.8 Å². The lowest BCUT2D eigenvalue weighted by atomic mass is 10.1. The number of anilines is 1. The van der Waals surface area contributed by atoms with E-state index >= 15 is 0 Å². The van der Waals surface area contributed by atoms with Gasteiger partial charge in [-0.1, -0.05) is 39.8 Å². The zero-order valence-electron chi connectivity index (χ0n) is 15.5. The second-order valence-corrected chi connectivity index (χ2v) is 5.82. The second-order valence-electron chi connectivity index (χ2n) is 5.82. The number of ether oxygens (including phenoxy) is 1. The Morgan fingerprint density at radius 1 is 1.26 bits per heavy atom. The normalized spacial score (nSPS) is 10.1. The average molecular weight is 325 g/mol. The van der Waals surface area contributed by atoms with Crippen LogP contribution in [0.25, 0.3) is 0 Å². The number of halogens is 1. The molecule has 132 valence electrons. The number of benzene rings is 1. The number of carbonyl (C=O) groups excluding carboxylic acids is 1. The van der Waals surface area contributed by atoms with E-state index in [1.165, 1.54) is 6.92 Å². The maximum Gasteiger partial charge on any atom is 0.302 e. The molecule has 4 heteroatoms. The Bertz CT molecular complexity index is 461. The Kier molecular flexibility index (Phi) is 11.1. The van der Waals surface area contributed by atoms with Crippen molar-refractivity contribution in [1.82, 2.24) is 0 Å². The molecule has 0 fully saturated rings. The van der Waals surface area contributed by atoms with Crippen molar-refractivity contribution in [2.75, 3.05) is 25.1 Å². The summed E-state index contributed by atoms with van der Waals surface area (Å²) in [6.45, 7) is 10.9. The topological polar surface area (TPSA) is 29.5 Å². The van der Waals surface area contributed by atoms with Crippen LogP contribution in [-0.2, 0) is 16.0 Å². The molecule has 0 heterocycles. The monoisotopic (exact) mass is 325 g/mol. The summed E-state index contributed by atoms with van der Waals surface area (Å²) >= 11 is 0. The van der Waals surface area contributed by atoms with Crippen molar-refractivity contribution in [3.8, 4) is 0 Å². The van der Waals surface area contributed by atoms with E-state index in [0.717, 1.165) is 24.9 Å². The summed E-state index contributed by atoms with van der Waals surface area (Å²) in [6, 6.07) is 5.55. The molecular formula is C19H32FNO2. The molecule has 0 amide bonds. The van der Waals surface area contributed by atoms with Crippen molar-refractivity contribution in [3.63, 3.8) is 0 Å². The molecule has 0 radical (unpaired) electrons. The third kappa shape index (κ3) is 8.58. The highest BCUT2D eigenvalue weighted by Gasteiger charge is 2.12. The molecule has 1 rings (SSSR count). The zero-order valence-corrected chi connectivity index (χ0v) is 15.5. The van der Waals surface area contributed by atoms with Crippen LogP contribution in [0.15, 0.2) is 18.2 Å². The van der Waals surface area contributed by atoms with Gasteiger partial charge in [-0.25, -0.2) is 4.39 Å². The van der Waals surface area contributed by atoms with E-state index in [1.54, 1.807) is 0 Å². The van der Waals surface area contributed by atoms with Crippen molar-refractivity contribution in [2.45, 2.75) is 53.9 Å². The predicted octanol–water partition coefficient (Wildman–Crippen LogP) is 4.83. The van der Waals surface area contributed by atoms with E-state index in [2.05, 4.69) is 13.8 Å². The summed E-state index contributed by atoms with van der Waals surface area (Å²) in [6.07, 6.45) is 2.23. The first kappa shape index (κ1) is 21.4. The first-order valence-corrected chi connectivity index (χ1v) is 8.53. The summed E-state index contributed by atoms with van der Waals surface area (Å²) in [5.41, 5.74) is 1.38. The number of rotatable bonds is 8. The smallest absolute Gasteiger partial charge is 0.302 e. The van der Waals surface area contributed by atoms with Crippen molar-refractivity contribution < 1.29 is 13.9 Å². The molecule has 0 aromatic heterocycles. The molecule has 0 N–H and O–H groups in total. The third-order valence-corrected chi connectivity index (χ3v) is 3.25. The Hall–Kier alpha value is -1.58. The van der Waals surface area contributed by atoms with Gasteiger partial charge >= 0.3 is 5.97 Å². The summed E-state index contributed by atoms with van der Waals surface area (Å²) in [5, 5.41) is 0. The Labute approximate surface area is 140 Å². The molecule has 0 aliphatic heterocycles. The summed E-state index contributed by atoms with van der Waals surface area (Å²) in [4.78, 5) is 12.6. The fourth-order valence-corrected chi connectivity index (χ4v) is 2.33. The van der Waals surface area contributed by atoms with Gasteiger partial charge in [0.2, 0.25) is 0 Å². The largest absolute Gasteiger partial charge is 0.466 e. The van der Waals surface area contributed by atoms with E-state index in [9.17, 15) is 9.18 Å². The van der Waals surface area contributed by atoms with Crippen LogP contribution < -0.4 is 4.90 Å². The quantitative estimate of drug-likeness (QED) is 0.506. The van der Waals surface area contributed by atoms with E-state index in [4.69, 9.17) is 4.74 Å². The van der Waals surface area contributed by atoms with Crippen LogP contribution in [0.2, 0.25) is 0 Å². The van der Waals surface area contributed by atoms with Gasteiger partial charge in [-0.3, -0.25) is 4.79 Å². The predicted molar refractivity (Wildman–Crippen MR) is 95.4 cm³/mol. The Morgan fingerprint density at radius 3 is 2.48 bits per heavy atom. The van der Waals surface area contributed by atoms with Crippen LogP contribution >= 0.6 is 0 Å². The second kappa shape index (κ2) is 11.9. The number of hydrogen-bond donors (Lipinski definition) is 0. The fraction of sp³-hybridized carbons (Fsp3) is 0.632. The van der Waals surface area contributed by atoms with Gasteiger partial charge in [0.25, 0.3) is 0 Å². The van der Waals surface area contributed by atoms with Crippen LogP contribution in [0.3, 0.4) is 0 Å². The molecule has 23 heavy (non-hydrogen) atoms. The van der Waals surface area contributed by atoms with Crippen molar-refractivity contribution >= 4 is 11.7 Å². The summed E-state index contributed by atoms with van der Waals surface area (Å²) < 4.78 is 19.4. The number of hydrogen-bond acceptors (Lipinski definition) is 3. The standard InChI is InChI=1S/C17H26FNO2.C2H6/c1-13(2)12-19(4)16-10-7-9-15(17(16)18)8-5-6-11-21-14(3)20;1-2/h7,9-10,13H,5-6,8,11-12H2,1-4H3;1-2H3. The highest BCUT2D eigenvalue weighted by molar-refractivity contribution is 5.65. The molecule has 0 bridgehead atoms. The number of unbranched alkanes of at least 4 members (excludes halogenated alkanes) is 1. The molecule has 1 aromatic carbocycles. The number of esters is 1. The van der Waals surface area contributed by atoms with E-state index < -0.39 is 0 Å². The molecule has 0 aliphatic rings. The van der Waals surface area contributed by atoms with E-state index in [0.29, 0.717) is 24.6 Å². The van der Waals surface area contributed by atoms with Gasteiger partial charge in [0, 0.05) is 20.5 Å². The average Bonchev–Trinajstić information content (AvgIpc) is 2.49. The van der Waals surface area contributed by atoms with Gasteiger partial charge in [0.05, 0.1) is 12.3 Å². The summed E-state index contributed by atoms with van der Waals surface area (Å²) in [7, 11) is 1.92. The van der Waals surface area contributed by atoms with Crippen LogP contribution in [-0.4, -0.2) is 26.2 Å². The van der Waals surface area contributed by atoms with Gasteiger partial charge < -0.3 is 9.64 Å². The number of aryl methyl sites for hydroxylation is 1. The maximum atomic E-state index is 14.5. The third-order valence-electron chi connectivity index (χ3n) is 3.25. The Morgan fingerprint density at radius 2 is 1.91 bits per heavy atom. The lowest BCUT2D eigenvalue weighted by molar-refractivity contribution is -0.141. The van der Waals surface area contributed by atoms with E-state index in [1.807, 2.05) is 44.0 Å². The van der Waals surface area contributed by atoms with Gasteiger partial charge in [-0.15, -0.1) is 0 Å². The lowest BCUT2D eigenvalue weighted by Gasteiger charge is -2.23. The minimum atomic E-state index is -0.265. The summed E-state index contributed by atoms with van der Waals surface area (Å²) in [5.74, 6) is 0.0911. The molecule has 0 unspecified atom stereocenters. The highest BCUT2D eigenvalue weighted by Crippen LogP contribution is 2.23. The highest BCUT2D eigenvalue weighted by atomic mass is 19.1. The maximum absolute atomic E-state index is 14.5. The molecule has 0 atom stereocenters. The van der Waals surface area contributed by atoms with Gasteiger partial charge in [-0.2, -0.15) is 0 Å². The molecule has 0 saturated carbocycles. The van der Waals surface area contributed by atoms with Gasteiger partial charge in [0.15, 0.2) is 0 Å². The molecule has 0 saturated heterocycles. The van der Waals surface area contributed by atoms with Gasteiger partial charge in [0.1, 0.15) is 5.82 Å². The lowest BCUT2D eigenvalue weighted by Crippen LogP contribution is -2.23. The van der Waals surface area contributed by atoms with Gasteiger partial charge in [-0.05, 0) is 36.8 Å². The molecule has 0 aliphatic carbocycles. The van der Waals surface area contributed by atoms with Crippen molar-refractivity contribution in [2.24, 2.45) is 5.92 Å². The molecule has 1 aromatic rings. The van der Waals surface area contributed by atoms with Crippen molar-refractivity contribution in [1.29, 1.82) is 0 Å². The molecule has 0 spiro atoms. The van der Waals surface area contributed by atoms with Crippen LogP contribution in [0.1, 0.15) is 53.0 Å². The molecule has 3 nitrogen and oxygen atoms in total.